The van der Waals surface area contributed by atoms with Crippen LogP contribution in [0.15, 0.2) is 30.5 Å². The lowest BCUT2D eigenvalue weighted by atomic mass is 10.0. The van der Waals surface area contributed by atoms with Gasteiger partial charge < -0.3 is 10.0 Å². The Bertz CT molecular complexity index is 609. The van der Waals surface area contributed by atoms with E-state index in [-0.39, 0.29) is 6.61 Å². The van der Waals surface area contributed by atoms with E-state index in [9.17, 15) is 5.11 Å². The fourth-order valence-corrected chi connectivity index (χ4v) is 3.34. The van der Waals surface area contributed by atoms with Crippen molar-refractivity contribution in [2.45, 2.75) is 39.3 Å². The normalized spacial score (nSPS) is 19.2. The van der Waals surface area contributed by atoms with Gasteiger partial charge in [0, 0.05) is 29.7 Å². The summed E-state index contributed by atoms with van der Waals surface area (Å²) in [6.07, 6.45) is 4.31. The Kier molecular flexibility index (Phi) is 3.62. The molecule has 106 valence electrons. The maximum atomic E-state index is 9.48. The molecule has 0 spiro atoms. The van der Waals surface area contributed by atoms with Crippen LogP contribution >= 0.6 is 0 Å². The summed E-state index contributed by atoms with van der Waals surface area (Å²) >= 11 is 0. The number of anilines is 1. The fraction of sp³-hybridized carbons (Fsp3) is 0.471. The molecular weight excluding hydrogens is 248 g/mol. The van der Waals surface area contributed by atoms with Crippen molar-refractivity contribution in [3.05, 3.63) is 36.0 Å². The number of hydrogen-bond donors (Lipinski definition) is 1. The number of pyridine rings is 1. The Balaban J connectivity index is 2.12. The number of fused-ring (bicyclic) bond motifs is 1. The van der Waals surface area contributed by atoms with E-state index in [0.29, 0.717) is 12.0 Å². The van der Waals surface area contributed by atoms with E-state index >= 15 is 0 Å². The van der Waals surface area contributed by atoms with Crippen molar-refractivity contribution in [1.29, 1.82) is 0 Å². The number of aromatic nitrogens is 1. The topological polar surface area (TPSA) is 36.4 Å². The monoisotopic (exact) mass is 270 g/mol. The molecule has 2 heterocycles. The highest BCUT2D eigenvalue weighted by Crippen LogP contribution is 2.34. The third kappa shape index (κ3) is 2.16. The molecule has 3 nitrogen and oxygen atoms in total. The fourth-order valence-electron chi connectivity index (χ4n) is 3.34. The molecule has 0 radical (unpaired) electrons. The lowest BCUT2D eigenvalue weighted by Gasteiger charge is -2.30. The Morgan fingerprint density at radius 3 is 2.75 bits per heavy atom. The highest BCUT2D eigenvalue weighted by atomic mass is 16.3. The van der Waals surface area contributed by atoms with Gasteiger partial charge in [-0.25, -0.2) is 4.98 Å². The smallest absolute Gasteiger partial charge is 0.136 e. The first-order chi connectivity index (χ1) is 9.72. The van der Waals surface area contributed by atoms with Crippen molar-refractivity contribution < 1.29 is 5.11 Å². The lowest BCUT2D eigenvalue weighted by molar-refractivity contribution is 0.283. The minimum absolute atomic E-state index is 0.0431. The second kappa shape index (κ2) is 5.41. The average molecular weight is 270 g/mol. The van der Waals surface area contributed by atoms with Gasteiger partial charge in [0.15, 0.2) is 0 Å². The van der Waals surface area contributed by atoms with E-state index in [1.807, 2.05) is 12.3 Å². The first kappa shape index (κ1) is 13.4. The van der Waals surface area contributed by atoms with Crippen molar-refractivity contribution in [3.8, 4) is 0 Å². The van der Waals surface area contributed by atoms with Crippen molar-refractivity contribution in [2.24, 2.45) is 5.92 Å². The molecule has 0 aliphatic carbocycles. The standard InChI is InChI=1S/C17H22N2O/c1-12(2)16-8-5-9-19(16)17-15-7-4-3-6-14(15)13(11-20)10-18-17/h3-4,6-7,10,12,16,20H,5,8-9,11H2,1-2H3. The first-order valence-electron chi connectivity index (χ1n) is 7.46. The zero-order valence-electron chi connectivity index (χ0n) is 12.2. The molecule has 0 amide bonds. The van der Waals surface area contributed by atoms with Gasteiger partial charge >= 0.3 is 0 Å². The number of benzene rings is 1. The molecule has 3 heteroatoms. The van der Waals surface area contributed by atoms with E-state index in [1.54, 1.807) is 0 Å². The summed E-state index contributed by atoms with van der Waals surface area (Å²) in [6, 6.07) is 8.84. The second-order valence-electron chi connectivity index (χ2n) is 5.96. The quantitative estimate of drug-likeness (QED) is 0.929. The summed E-state index contributed by atoms with van der Waals surface area (Å²) in [7, 11) is 0. The van der Waals surface area contributed by atoms with Crippen LogP contribution in [0.5, 0.6) is 0 Å². The SMILES string of the molecule is CC(C)C1CCCN1c1ncc(CO)c2ccccc12. The van der Waals surface area contributed by atoms with E-state index in [1.165, 1.54) is 12.8 Å². The van der Waals surface area contributed by atoms with Gasteiger partial charge in [-0.3, -0.25) is 0 Å². The molecule has 1 aliphatic rings. The van der Waals surface area contributed by atoms with Gasteiger partial charge in [0.1, 0.15) is 5.82 Å². The molecule has 1 N–H and O–H groups in total. The number of rotatable bonds is 3. The zero-order valence-corrected chi connectivity index (χ0v) is 12.2. The van der Waals surface area contributed by atoms with Crippen LogP contribution in [0, 0.1) is 5.92 Å². The number of hydrogen-bond acceptors (Lipinski definition) is 3. The van der Waals surface area contributed by atoms with Crippen LogP contribution in [0.3, 0.4) is 0 Å². The van der Waals surface area contributed by atoms with Crippen LogP contribution in [-0.2, 0) is 6.61 Å². The molecule has 1 unspecified atom stereocenters. The maximum Gasteiger partial charge on any atom is 0.136 e. The third-order valence-electron chi connectivity index (χ3n) is 4.37. The van der Waals surface area contributed by atoms with Crippen molar-refractivity contribution >= 4 is 16.6 Å². The highest BCUT2D eigenvalue weighted by molar-refractivity contribution is 5.94. The van der Waals surface area contributed by atoms with Crippen LogP contribution < -0.4 is 4.90 Å². The summed E-state index contributed by atoms with van der Waals surface area (Å²) in [6.45, 7) is 5.69. The van der Waals surface area contributed by atoms with E-state index < -0.39 is 0 Å². The van der Waals surface area contributed by atoms with Gasteiger partial charge in [-0.2, -0.15) is 0 Å². The van der Waals surface area contributed by atoms with Gasteiger partial charge in [0.05, 0.1) is 6.61 Å². The summed E-state index contributed by atoms with van der Waals surface area (Å²) in [4.78, 5) is 7.11. The molecule has 1 atom stereocenters. The Morgan fingerprint density at radius 1 is 1.30 bits per heavy atom. The first-order valence-corrected chi connectivity index (χ1v) is 7.46. The molecule has 1 saturated heterocycles. The third-order valence-corrected chi connectivity index (χ3v) is 4.37. The molecule has 20 heavy (non-hydrogen) atoms. The predicted molar refractivity (Wildman–Crippen MR) is 82.9 cm³/mol. The van der Waals surface area contributed by atoms with Crippen LogP contribution in [0.4, 0.5) is 5.82 Å². The molecule has 1 aliphatic heterocycles. The van der Waals surface area contributed by atoms with Crippen LogP contribution in [0.25, 0.3) is 10.8 Å². The minimum atomic E-state index is 0.0431. The Labute approximate surface area is 120 Å². The van der Waals surface area contributed by atoms with Gasteiger partial charge in [-0.1, -0.05) is 38.1 Å². The minimum Gasteiger partial charge on any atom is -0.392 e. The molecule has 0 bridgehead atoms. The van der Waals surface area contributed by atoms with E-state index in [2.05, 4.69) is 41.9 Å². The Hall–Kier alpha value is -1.61. The summed E-state index contributed by atoms with van der Waals surface area (Å²) in [5.41, 5.74) is 0.907. The number of aliphatic hydroxyl groups excluding tert-OH is 1. The van der Waals surface area contributed by atoms with E-state index in [4.69, 9.17) is 0 Å². The summed E-state index contributed by atoms with van der Waals surface area (Å²) in [5, 5.41) is 11.8. The molecule has 2 aromatic rings. The second-order valence-corrected chi connectivity index (χ2v) is 5.96. The Morgan fingerprint density at radius 2 is 2.05 bits per heavy atom. The molecule has 0 saturated carbocycles. The molecule has 1 aromatic carbocycles. The van der Waals surface area contributed by atoms with Gasteiger partial charge in [0.2, 0.25) is 0 Å². The van der Waals surface area contributed by atoms with Gasteiger partial charge in [-0.05, 0) is 24.1 Å². The summed E-state index contributed by atoms with van der Waals surface area (Å²) < 4.78 is 0. The lowest BCUT2D eigenvalue weighted by Crippen LogP contribution is -2.34. The largest absolute Gasteiger partial charge is 0.392 e. The van der Waals surface area contributed by atoms with Crippen LogP contribution in [-0.4, -0.2) is 22.7 Å². The molecule has 1 fully saturated rings. The molecule has 1 aromatic heterocycles. The van der Waals surface area contributed by atoms with E-state index in [0.717, 1.165) is 28.7 Å². The van der Waals surface area contributed by atoms with Crippen molar-refractivity contribution in [1.82, 2.24) is 4.98 Å². The maximum absolute atomic E-state index is 9.48. The predicted octanol–water partition coefficient (Wildman–Crippen LogP) is 3.35. The molecular formula is C17H22N2O. The van der Waals surface area contributed by atoms with Crippen molar-refractivity contribution in [2.75, 3.05) is 11.4 Å². The van der Waals surface area contributed by atoms with Crippen LogP contribution in [0.1, 0.15) is 32.3 Å². The van der Waals surface area contributed by atoms with Gasteiger partial charge in [0.25, 0.3) is 0 Å². The van der Waals surface area contributed by atoms with Gasteiger partial charge in [-0.15, -0.1) is 0 Å². The number of aliphatic hydroxyl groups is 1. The molecule has 3 rings (SSSR count). The van der Waals surface area contributed by atoms with Crippen molar-refractivity contribution in [3.63, 3.8) is 0 Å². The zero-order chi connectivity index (χ0) is 14.1. The average Bonchev–Trinajstić information content (AvgIpc) is 2.95. The highest BCUT2D eigenvalue weighted by Gasteiger charge is 2.29. The van der Waals surface area contributed by atoms with Crippen LogP contribution in [0.2, 0.25) is 0 Å². The number of nitrogens with zero attached hydrogens (tertiary/aromatic N) is 2. The summed E-state index contributed by atoms with van der Waals surface area (Å²) in [5.74, 6) is 1.71.